The van der Waals surface area contributed by atoms with Gasteiger partial charge in [-0.25, -0.2) is 4.79 Å². The van der Waals surface area contributed by atoms with Gasteiger partial charge in [0.15, 0.2) is 0 Å². The molecule has 0 fully saturated rings. The standard InChI is InChI=1S/C19H13F3N2O4/c1-28-18(27)10-5-2-3-8-14(10)24-17(26)12-9-23-15-11(16(12)25)6-4-7-13(15)19(20,21)22/h2-9H,1H3,(H,23,25)(H,24,26). The minimum atomic E-state index is -4.66. The highest BCUT2D eigenvalue weighted by molar-refractivity contribution is 6.09. The molecule has 0 atom stereocenters. The van der Waals surface area contributed by atoms with Crippen LogP contribution in [0.4, 0.5) is 18.9 Å². The number of halogens is 3. The number of ether oxygens (including phenoxy) is 1. The SMILES string of the molecule is COC(=O)c1ccccc1NC(=O)c1c[nH]c2c(C(F)(F)F)cccc2c1=O. The Morgan fingerprint density at radius 1 is 1.04 bits per heavy atom. The number of amides is 1. The summed E-state index contributed by atoms with van der Waals surface area (Å²) >= 11 is 0. The Balaban J connectivity index is 2.04. The number of rotatable bonds is 3. The minimum absolute atomic E-state index is 0.0647. The maximum atomic E-state index is 13.1. The molecule has 0 radical (unpaired) electrons. The number of H-pyrrole nitrogens is 1. The van der Waals surface area contributed by atoms with Crippen LogP contribution in [0, 0.1) is 0 Å². The van der Waals surface area contributed by atoms with Gasteiger partial charge in [-0.15, -0.1) is 0 Å². The summed E-state index contributed by atoms with van der Waals surface area (Å²) < 4.78 is 43.9. The van der Waals surface area contributed by atoms with Crippen molar-refractivity contribution >= 4 is 28.5 Å². The van der Waals surface area contributed by atoms with Gasteiger partial charge in [0.25, 0.3) is 5.91 Å². The van der Waals surface area contributed by atoms with Gasteiger partial charge in [-0.3, -0.25) is 9.59 Å². The highest BCUT2D eigenvalue weighted by Crippen LogP contribution is 2.33. The fourth-order valence-corrected chi connectivity index (χ4v) is 2.73. The molecule has 1 heterocycles. The van der Waals surface area contributed by atoms with E-state index in [1.165, 1.54) is 25.3 Å². The van der Waals surface area contributed by atoms with Gasteiger partial charge >= 0.3 is 12.1 Å². The number of fused-ring (bicyclic) bond motifs is 1. The van der Waals surface area contributed by atoms with Crippen LogP contribution >= 0.6 is 0 Å². The topological polar surface area (TPSA) is 88.3 Å². The van der Waals surface area contributed by atoms with Crippen LogP contribution in [0.3, 0.4) is 0 Å². The van der Waals surface area contributed by atoms with Gasteiger partial charge in [0, 0.05) is 11.6 Å². The average molecular weight is 390 g/mol. The molecule has 28 heavy (non-hydrogen) atoms. The van der Waals surface area contributed by atoms with Crippen LogP contribution in [0.5, 0.6) is 0 Å². The van der Waals surface area contributed by atoms with Crippen molar-refractivity contribution in [3.05, 3.63) is 75.6 Å². The maximum absolute atomic E-state index is 13.1. The third kappa shape index (κ3) is 3.46. The highest BCUT2D eigenvalue weighted by atomic mass is 19.4. The van der Waals surface area contributed by atoms with Gasteiger partial charge in [-0.2, -0.15) is 13.2 Å². The van der Waals surface area contributed by atoms with Crippen molar-refractivity contribution in [1.82, 2.24) is 4.98 Å². The summed E-state index contributed by atoms with van der Waals surface area (Å²) in [6, 6.07) is 9.09. The first-order valence-corrected chi connectivity index (χ1v) is 7.94. The molecule has 2 aromatic carbocycles. The van der Waals surface area contributed by atoms with E-state index in [0.29, 0.717) is 0 Å². The van der Waals surface area contributed by atoms with Crippen LogP contribution in [0.25, 0.3) is 10.9 Å². The van der Waals surface area contributed by atoms with Crippen molar-refractivity contribution < 1.29 is 27.5 Å². The molecular formula is C19H13F3N2O4. The Morgan fingerprint density at radius 2 is 1.75 bits per heavy atom. The van der Waals surface area contributed by atoms with Crippen molar-refractivity contribution in [3.8, 4) is 0 Å². The van der Waals surface area contributed by atoms with E-state index in [0.717, 1.165) is 18.3 Å². The molecule has 3 aromatic rings. The number of nitrogens with one attached hydrogen (secondary N) is 2. The number of benzene rings is 2. The molecule has 0 bridgehead atoms. The Morgan fingerprint density at radius 3 is 2.43 bits per heavy atom. The predicted octanol–water partition coefficient (Wildman–Crippen LogP) is 3.59. The first kappa shape index (κ1) is 19.2. The molecule has 144 valence electrons. The van der Waals surface area contributed by atoms with Gasteiger partial charge in [0.1, 0.15) is 5.56 Å². The minimum Gasteiger partial charge on any atom is -0.465 e. The number of methoxy groups -OCH3 is 1. The molecule has 0 saturated carbocycles. The number of alkyl halides is 3. The third-order valence-electron chi connectivity index (χ3n) is 4.05. The Kier molecular flexibility index (Phi) is 4.91. The van der Waals surface area contributed by atoms with Gasteiger partial charge in [0.05, 0.1) is 29.4 Å². The summed E-state index contributed by atoms with van der Waals surface area (Å²) in [6.07, 6.45) is -3.75. The summed E-state index contributed by atoms with van der Waals surface area (Å²) in [5.41, 5.74) is -2.52. The lowest BCUT2D eigenvalue weighted by molar-refractivity contribution is -0.136. The molecule has 0 unspecified atom stereocenters. The quantitative estimate of drug-likeness (QED) is 0.669. The van der Waals surface area contributed by atoms with Crippen LogP contribution in [-0.4, -0.2) is 24.0 Å². The van der Waals surface area contributed by atoms with Gasteiger partial charge in [-0.1, -0.05) is 18.2 Å². The summed E-state index contributed by atoms with van der Waals surface area (Å²) in [4.78, 5) is 39.2. The van der Waals surface area contributed by atoms with Gasteiger partial charge in [0.2, 0.25) is 5.43 Å². The second kappa shape index (κ2) is 7.18. The van der Waals surface area contributed by atoms with Crippen molar-refractivity contribution in [2.45, 2.75) is 6.18 Å². The van der Waals surface area contributed by atoms with E-state index in [-0.39, 0.29) is 16.6 Å². The molecule has 0 aliphatic carbocycles. The Bertz CT molecular complexity index is 1140. The monoisotopic (exact) mass is 390 g/mol. The number of pyridine rings is 1. The lowest BCUT2D eigenvalue weighted by atomic mass is 10.1. The van der Waals surface area contributed by atoms with E-state index < -0.39 is 40.1 Å². The largest absolute Gasteiger partial charge is 0.465 e. The van der Waals surface area contributed by atoms with Crippen LogP contribution in [0.1, 0.15) is 26.3 Å². The summed E-state index contributed by atoms with van der Waals surface area (Å²) in [5.74, 6) is -1.57. The zero-order chi connectivity index (χ0) is 20.5. The molecule has 1 amide bonds. The zero-order valence-electron chi connectivity index (χ0n) is 14.4. The van der Waals surface area contributed by atoms with Gasteiger partial charge in [-0.05, 0) is 24.3 Å². The van der Waals surface area contributed by atoms with E-state index >= 15 is 0 Å². The maximum Gasteiger partial charge on any atom is 0.418 e. The van der Waals surface area contributed by atoms with E-state index in [2.05, 4.69) is 15.0 Å². The molecule has 2 N–H and O–H groups in total. The first-order chi connectivity index (χ1) is 13.2. The van der Waals surface area contributed by atoms with E-state index in [1.54, 1.807) is 12.1 Å². The lowest BCUT2D eigenvalue weighted by Gasteiger charge is -2.12. The van der Waals surface area contributed by atoms with E-state index in [9.17, 15) is 27.6 Å². The number of anilines is 1. The van der Waals surface area contributed by atoms with Crippen LogP contribution in [-0.2, 0) is 10.9 Å². The van der Waals surface area contributed by atoms with Gasteiger partial charge < -0.3 is 15.0 Å². The van der Waals surface area contributed by atoms with Crippen LogP contribution in [0.15, 0.2) is 53.5 Å². The van der Waals surface area contributed by atoms with E-state index in [1.807, 2.05) is 0 Å². The normalized spacial score (nSPS) is 11.3. The van der Waals surface area contributed by atoms with Crippen molar-refractivity contribution in [3.63, 3.8) is 0 Å². The smallest absolute Gasteiger partial charge is 0.418 e. The highest BCUT2D eigenvalue weighted by Gasteiger charge is 2.33. The summed E-state index contributed by atoms with van der Waals surface area (Å²) in [5, 5.41) is 2.14. The molecule has 0 aliphatic heterocycles. The van der Waals surface area contributed by atoms with Crippen LogP contribution in [0.2, 0.25) is 0 Å². The molecule has 0 saturated heterocycles. The number of hydrogen-bond donors (Lipinski definition) is 2. The number of aromatic amines is 1. The number of esters is 1. The van der Waals surface area contributed by atoms with Crippen molar-refractivity contribution in [1.29, 1.82) is 0 Å². The van der Waals surface area contributed by atoms with Crippen molar-refractivity contribution in [2.75, 3.05) is 12.4 Å². The number of carbonyl (C=O) groups is 2. The van der Waals surface area contributed by atoms with Crippen molar-refractivity contribution in [2.24, 2.45) is 0 Å². The molecule has 6 nitrogen and oxygen atoms in total. The molecule has 1 aromatic heterocycles. The molecule has 0 spiro atoms. The number of para-hydroxylation sites is 2. The summed E-state index contributed by atoms with van der Waals surface area (Å²) in [6.45, 7) is 0. The first-order valence-electron chi connectivity index (χ1n) is 7.94. The number of carbonyl (C=O) groups excluding carboxylic acids is 2. The zero-order valence-corrected chi connectivity index (χ0v) is 14.4. The molecular weight excluding hydrogens is 377 g/mol. The number of aromatic nitrogens is 1. The Hall–Kier alpha value is -3.62. The van der Waals surface area contributed by atoms with E-state index in [4.69, 9.17) is 0 Å². The third-order valence-corrected chi connectivity index (χ3v) is 4.05. The molecule has 3 rings (SSSR count). The second-order valence-corrected chi connectivity index (χ2v) is 5.75. The predicted molar refractivity (Wildman–Crippen MR) is 95.3 cm³/mol. The number of hydrogen-bond acceptors (Lipinski definition) is 4. The molecule has 9 heteroatoms. The van der Waals surface area contributed by atoms with Crippen LogP contribution < -0.4 is 10.7 Å². The molecule has 0 aliphatic rings. The average Bonchev–Trinajstić information content (AvgIpc) is 2.67. The summed E-state index contributed by atoms with van der Waals surface area (Å²) in [7, 11) is 1.17. The Labute approximate surface area is 155 Å². The second-order valence-electron chi connectivity index (χ2n) is 5.75. The lowest BCUT2D eigenvalue weighted by Crippen LogP contribution is -2.23. The fourth-order valence-electron chi connectivity index (χ4n) is 2.73. The fraction of sp³-hybridized carbons (Fsp3) is 0.105.